The molecule has 1 fully saturated rings. The van der Waals surface area contributed by atoms with Gasteiger partial charge in [-0.25, -0.2) is 0 Å². The van der Waals surface area contributed by atoms with Crippen molar-refractivity contribution in [2.45, 2.75) is 46.2 Å². The molecule has 4 nitrogen and oxygen atoms in total. The Bertz CT molecular complexity index is 441. The molecule has 0 saturated carbocycles. The summed E-state index contributed by atoms with van der Waals surface area (Å²) in [5.41, 5.74) is 2.23. The molecule has 1 aromatic rings. The van der Waals surface area contributed by atoms with Gasteiger partial charge in [0.25, 0.3) is 0 Å². The molecule has 5 heteroatoms. The first-order chi connectivity index (χ1) is 9.47. The molecule has 1 aliphatic rings. The first-order valence-corrected chi connectivity index (χ1v) is 7.99. The van der Waals surface area contributed by atoms with Crippen LogP contribution in [0.25, 0.3) is 0 Å². The van der Waals surface area contributed by atoms with Crippen molar-refractivity contribution in [3.8, 4) is 0 Å². The highest BCUT2D eigenvalue weighted by Crippen LogP contribution is 2.21. The second-order valence-corrected chi connectivity index (χ2v) is 6.71. The molecule has 0 aliphatic carbocycles. The van der Waals surface area contributed by atoms with E-state index in [2.05, 4.69) is 29.2 Å². The summed E-state index contributed by atoms with van der Waals surface area (Å²) >= 11 is 6.35. The summed E-state index contributed by atoms with van der Waals surface area (Å²) in [6.45, 7) is 10.9. The maximum atomic E-state index is 6.35. The van der Waals surface area contributed by atoms with Crippen LogP contribution in [-0.2, 0) is 13.6 Å². The Hall–Kier alpha value is -0.580. The fourth-order valence-corrected chi connectivity index (χ4v) is 3.26. The van der Waals surface area contributed by atoms with Gasteiger partial charge in [-0.2, -0.15) is 5.10 Å². The van der Waals surface area contributed by atoms with Gasteiger partial charge in [0, 0.05) is 31.7 Å². The van der Waals surface area contributed by atoms with Gasteiger partial charge in [-0.3, -0.25) is 9.58 Å². The van der Waals surface area contributed by atoms with Gasteiger partial charge in [0.1, 0.15) is 5.15 Å². The summed E-state index contributed by atoms with van der Waals surface area (Å²) in [5.74, 6) is 0.733. The number of nitrogens with one attached hydrogen (secondary N) is 1. The van der Waals surface area contributed by atoms with Crippen molar-refractivity contribution in [3.05, 3.63) is 16.4 Å². The molecule has 1 aliphatic heterocycles. The Morgan fingerprint density at radius 2 is 2.20 bits per heavy atom. The van der Waals surface area contributed by atoms with Crippen molar-refractivity contribution < 1.29 is 0 Å². The van der Waals surface area contributed by atoms with E-state index < -0.39 is 0 Å². The molecule has 20 heavy (non-hydrogen) atoms. The number of nitrogens with zero attached hydrogens (tertiary/aromatic N) is 3. The molecule has 0 spiro atoms. The largest absolute Gasteiger partial charge is 0.313 e. The SMILES string of the molecule is Cc1nn(C)c(Cl)c1CN1CCCNC(CC(C)C)C1. The molecule has 114 valence electrons. The first-order valence-electron chi connectivity index (χ1n) is 7.61. The molecule has 1 saturated heterocycles. The number of aryl methyl sites for hydroxylation is 2. The van der Waals surface area contributed by atoms with Crippen LogP contribution in [0, 0.1) is 12.8 Å². The average Bonchev–Trinajstić information content (AvgIpc) is 2.56. The summed E-state index contributed by atoms with van der Waals surface area (Å²) in [4.78, 5) is 2.52. The minimum absolute atomic E-state index is 0.591. The molecule has 0 amide bonds. The number of halogens is 1. The van der Waals surface area contributed by atoms with Crippen LogP contribution in [-0.4, -0.2) is 40.4 Å². The number of hydrogen-bond acceptors (Lipinski definition) is 3. The minimum Gasteiger partial charge on any atom is -0.313 e. The van der Waals surface area contributed by atoms with Gasteiger partial charge in [-0.1, -0.05) is 25.4 Å². The fourth-order valence-electron chi connectivity index (χ4n) is 3.02. The van der Waals surface area contributed by atoms with E-state index in [9.17, 15) is 0 Å². The molecule has 0 radical (unpaired) electrons. The van der Waals surface area contributed by atoms with Crippen LogP contribution in [0.2, 0.25) is 5.15 Å². The van der Waals surface area contributed by atoms with Crippen LogP contribution in [0.4, 0.5) is 0 Å². The van der Waals surface area contributed by atoms with Crippen molar-refractivity contribution in [1.29, 1.82) is 0 Å². The summed E-state index contributed by atoms with van der Waals surface area (Å²) < 4.78 is 1.77. The maximum absolute atomic E-state index is 6.35. The van der Waals surface area contributed by atoms with E-state index in [0.717, 1.165) is 42.9 Å². The normalized spacial score (nSPS) is 21.4. The molecule has 1 unspecified atom stereocenters. The molecule has 1 aromatic heterocycles. The summed E-state index contributed by atoms with van der Waals surface area (Å²) in [6, 6.07) is 0.591. The van der Waals surface area contributed by atoms with Crippen LogP contribution >= 0.6 is 11.6 Å². The van der Waals surface area contributed by atoms with E-state index in [4.69, 9.17) is 11.6 Å². The van der Waals surface area contributed by atoms with Gasteiger partial charge in [0.15, 0.2) is 0 Å². The Kier molecular flexibility index (Phi) is 5.47. The third kappa shape index (κ3) is 3.96. The average molecular weight is 299 g/mol. The number of rotatable bonds is 4. The molecular formula is C15H27ClN4. The van der Waals surface area contributed by atoms with Crippen LogP contribution in [0.3, 0.4) is 0 Å². The van der Waals surface area contributed by atoms with Crippen LogP contribution < -0.4 is 5.32 Å². The molecule has 2 heterocycles. The highest BCUT2D eigenvalue weighted by Gasteiger charge is 2.21. The summed E-state index contributed by atoms with van der Waals surface area (Å²) in [6.07, 6.45) is 2.43. The predicted molar refractivity (Wildman–Crippen MR) is 84.1 cm³/mol. The van der Waals surface area contributed by atoms with E-state index in [1.807, 2.05) is 14.0 Å². The minimum atomic E-state index is 0.591. The molecule has 1 atom stereocenters. The smallest absolute Gasteiger partial charge is 0.131 e. The summed E-state index contributed by atoms with van der Waals surface area (Å²) in [7, 11) is 1.91. The van der Waals surface area contributed by atoms with Gasteiger partial charge in [0.05, 0.1) is 5.69 Å². The zero-order valence-corrected chi connectivity index (χ0v) is 13.9. The van der Waals surface area contributed by atoms with Gasteiger partial charge in [-0.05, 0) is 38.8 Å². The lowest BCUT2D eigenvalue weighted by atomic mass is 10.0. The number of aromatic nitrogens is 2. The topological polar surface area (TPSA) is 33.1 Å². The van der Waals surface area contributed by atoms with E-state index in [1.54, 1.807) is 4.68 Å². The van der Waals surface area contributed by atoms with E-state index in [1.165, 1.54) is 18.4 Å². The lowest BCUT2D eigenvalue weighted by Crippen LogP contribution is -2.38. The highest BCUT2D eigenvalue weighted by atomic mass is 35.5. The Labute approximate surface area is 127 Å². The highest BCUT2D eigenvalue weighted by molar-refractivity contribution is 6.30. The molecule has 0 bridgehead atoms. The van der Waals surface area contributed by atoms with Gasteiger partial charge in [0.2, 0.25) is 0 Å². The van der Waals surface area contributed by atoms with Crippen molar-refractivity contribution >= 4 is 11.6 Å². The number of hydrogen-bond donors (Lipinski definition) is 1. The molecule has 0 aromatic carbocycles. The standard InChI is InChI=1S/C15H27ClN4/c1-11(2)8-13-9-20(7-5-6-17-13)10-14-12(3)18-19(4)15(14)16/h11,13,17H,5-10H2,1-4H3. The van der Waals surface area contributed by atoms with Crippen LogP contribution in [0.15, 0.2) is 0 Å². The predicted octanol–water partition coefficient (Wildman–Crippen LogP) is 2.59. The second kappa shape index (κ2) is 6.92. The Balaban J connectivity index is 2.03. The van der Waals surface area contributed by atoms with Gasteiger partial charge < -0.3 is 5.32 Å². The van der Waals surface area contributed by atoms with E-state index in [0.29, 0.717) is 6.04 Å². The molecule has 1 N–H and O–H groups in total. The maximum Gasteiger partial charge on any atom is 0.131 e. The molecule has 2 rings (SSSR count). The fraction of sp³-hybridized carbons (Fsp3) is 0.800. The van der Waals surface area contributed by atoms with Gasteiger partial charge >= 0.3 is 0 Å². The lowest BCUT2D eigenvalue weighted by Gasteiger charge is -2.25. The third-order valence-corrected chi connectivity index (χ3v) is 4.44. The lowest BCUT2D eigenvalue weighted by molar-refractivity contribution is 0.247. The monoisotopic (exact) mass is 298 g/mol. The molecular weight excluding hydrogens is 272 g/mol. The first kappa shape index (κ1) is 15.8. The third-order valence-electron chi connectivity index (χ3n) is 3.97. The van der Waals surface area contributed by atoms with E-state index in [-0.39, 0.29) is 0 Å². The van der Waals surface area contributed by atoms with E-state index >= 15 is 0 Å². The Morgan fingerprint density at radius 3 is 2.80 bits per heavy atom. The van der Waals surface area contributed by atoms with Crippen molar-refractivity contribution in [2.24, 2.45) is 13.0 Å². The summed E-state index contributed by atoms with van der Waals surface area (Å²) in [5, 5.41) is 8.85. The zero-order valence-electron chi connectivity index (χ0n) is 13.1. The van der Waals surface area contributed by atoms with Crippen LogP contribution in [0.1, 0.15) is 37.9 Å². The second-order valence-electron chi connectivity index (χ2n) is 6.35. The quantitative estimate of drug-likeness (QED) is 0.927. The zero-order chi connectivity index (χ0) is 14.7. The van der Waals surface area contributed by atoms with Gasteiger partial charge in [-0.15, -0.1) is 0 Å². The van der Waals surface area contributed by atoms with Crippen molar-refractivity contribution in [3.63, 3.8) is 0 Å². The van der Waals surface area contributed by atoms with Crippen molar-refractivity contribution in [2.75, 3.05) is 19.6 Å². The Morgan fingerprint density at radius 1 is 1.45 bits per heavy atom. The van der Waals surface area contributed by atoms with Crippen LogP contribution in [0.5, 0.6) is 0 Å². The van der Waals surface area contributed by atoms with Crippen molar-refractivity contribution in [1.82, 2.24) is 20.0 Å².